The number of carboxylic acids is 1. The van der Waals surface area contributed by atoms with Gasteiger partial charge in [0.2, 0.25) is 5.91 Å². The minimum atomic E-state index is -1.01. The van der Waals surface area contributed by atoms with Crippen molar-refractivity contribution in [2.45, 2.75) is 29.2 Å². The number of nitrogens with zero attached hydrogens (tertiary/aromatic N) is 2. The molecule has 5 nitrogen and oxygen atoms in total. The van der Waals surface area contributed by atoms with Gasteiger partial charge < -0.3 is 5.11 Å². The molecule has 2 aliphatic heterocycles. The van der Waals surface area contributed by atoms with E-state index < -0.39 is 5.97 Å². The Hall–Kier alpha value is 0.0400. The molecule has 20 heavy (non-hydrogen) atoms. The van der Waals surface area contributed by atoms with Crippen LogP contribution in [-0.2, 0) is 9.59 Å². The number of carbonyl (C=O) groups excluding carboxylic acids is 1. The SMILES string of the molecule is CCN1C(S)S/C(=C2/SC(C)C(=O)N2CC(=O)O)C1S. The van der Waals surface area contributed by atoms with E-state index in [-0.39, 0.29) is 27.8 Å². The molecule has 0 spiro atoms. The molecule has 2 aliphatic rings. The summed E-state index contributed by atoms with van der Waals surface area (Å²) in [7, 11) is 0. The number of aliphatic carboxylic acids is 1. The molecule has 3 atom stereocenters. The molecule has 0 radical (unpaired) electrons. The van der Waals surface area contributed by atoms with Gasteiger partial charge >= 0.3 is 5.97 Å². The minimum Gasteiger partial charge on any atom is -0.480 e. The lowest BCUT2D eigenvalue weighted by molar-refractivity contribution is -0.142. The number of thiol groups is 2. The lowest BCUT2D eigenvalue weighted by Gasteiger charge is -2.22. The van der Waals surface area contributed by atoms with Gasteiger partial charge in [0, 0.05) is 4.91 Å². The molecule has 0 aliphatic carbocycles. The van der Waals surface area contributed by atoms with Crippen molar-refractivity contribution in [1.82, 2.24) is 9.80 Å². The van der Waals surface area contributed by atoms with Crippen LogP contribution in [0.4, 0.5) is 0 Å². The summed E-state index contributed by atoms with van der Waals surface area (Å²) in [5.74, 6) is -1.17. The summed E-state index contributed by atoms with van der Waals surface area (Å²) >= 11 is 12.0. The van der Waals surface area contributed by atoms with Gasteiger partial charge in [0.05, 0.1) is 15.7 Å². The number of hydrogen-bond acceptors (Lipinski definition) is 7. The van der Waals surface area contributed by atoms with E-state index in [2.05, 4.69) is 30.2 Å². The van der Waals surface area contributed by atoms with E-state index >= 15 is 0 Å². The zero-order valence-corrected chi connectivity index (χ0v) is 14.4. The van der Waals surface area contributed by atoms with Crippen LogP contribution in [0.1, 0.15) is 13.8 Å². The van der Waals surface area contributed by atoms with E-state index in [1.165, 1.54) is 28.4 Å². The predicted molar refractivity (Wildman–Crippen MR) is 88.9 cm³/mol. The van der Waals surface area contributed by atoms with Crippen LogP contribution in [0.25, 0.3) is 0 Å². The van der Waals surface area contributed by atoms with Crippen molar-refractivity contribution in [2.24, 2.45) is 0 Å². The Labute approximate surface area is 137 Å². The van der Waals surface area contributed by atoms with Crippen LogP contribution in [-0.4, -0.2) is 55.2 Å². The molecule has 2 saturated heterocycles. The molecule has 0 aromatic heterocycles. The average Bonchev–Trinajstić information content (AvgIpc) is 2.80. The van der Waals surface area contributed by atoms with Gasteiger partial charge in [0.25, 0.3) is 0 Å². The Morgan fingerprint density at radius 3 is 2.55 bits per heavy atom. The second kappa shape index (κ2) is 6.43. The van der Waals surface area contributed by atoms with Crippen LogP contribution in [0.5, 0.6) is 0 Å². The fraction of sp³-hybridized carbons (Fsp3) is 0.636. The molecule has 112 valence electrons. The number of rotatable bonds is 3. The topological polar surface area (TPSA) is 60.9 Å². The van der Waals surface area contributed by atoms with Gasteiger partial charge in [-0.1, -0.05) is 30.4 Å². The highest BCUT2D eigenvalue weighted by atomic mass is 32.2. The third-order valence-corrected chi connectivity index (χ3v) is 6.92. The van der Waals surface area contributed by atoms with Gasteiger partial charge in [-0.05, 0) is 13.5 Å². The van der Waals surface area contributed by atoms with Crippen molar-refractivity contribution < 1.29 is 14.7 Å². The molecule has 3 unspecified atom stereocenters. The van der Waals surface area contributed by atoms with Gasteiger partial charge in [-0.25, -0.2) is 0 Å². The van der Waals surface area contributed by atoms with Crippen molar-refractivity contribution >= 4 is 60.7 Å². The summed E-state index contributed by atoms with van der Waals surface area (Å²) in [4.78, 5) is 27.4. The molecule has 2 rings (SSSR count). The molecule has 0 saturated carbocycles. The molecule has 9 heteroatoms. The summed E-state index contributed by atoms with van der Waals surface area (Å²) in [6.07, 6.45) is 0. The predicted octanol–water partition coefficient (Wildman–Crippen LogP) is 1.74. The Morgan fingerprint density at radius 2 is 2.05 bits per heavy atom. The van der Waals surface area contributed by atoms with Crippen LogP contribution in [0, 0.1) is 0 Å². The molecular formula is C11H16N2O3S4. The van der Waals surface area contributed by atoms with Gasteiger partial charge in [0.1, 0.15) is 11.3 Å². The fourth-order valence-electron chi connectivity index (χ4n) is 2.08. The third-order valence-electron chi connectivity index (χ3n) is 3.08. The van der Waals surface area contributed by atoms with Crippen molar-refractivity contribution in [1.29, 1.82) is 0 Å². The van der Waals surface area contributed by atoms with E-state index in [9.17, 15) is 9.59 Å². The zero-order valence-electron chi connectivity index (χ0n) is 11.0. The van der Waals surface area contributed by atoms with Crippen LogP contribution >= 0.6 is 48.8 Å². The maximum atomic E-state index is 12.1. The number of carbonyl (C=O) groups is 2. The largest absolute Gasteiger partial charge is 0.480 e. The van der Waals surface area contributed by atoms with E-state index in [1.807, 2.05) is 6.92 Å². The number of thioether (sulfide) groups is 2. The van der Waals surface area contributed by atoms with Gasteiger partial charge in [0.15, 0.2) is 0 Å². The molecule has 0 aromatic rings. The summed E-state index contributed by atoms with van der Waals surface area (Å²) < 4.78 is -0.0247. The van der Waals surface area contributed by atoms with E-state index in [0.29, 0.717) is 5.03 Å². The number of amides is 1. The Bertz CT molecular complexity index is 471. The van der Waals surface area contributed by atoms with E-state index in [0.717, 1.165) is 11.4 Å². The maximum absolute atomic E-state index is 12.1. The number of likely N-dealkylation sites (N-methyl/N-ethyl adjacent to an activating group) is 1. The van der Waals surface area contributed by atoms with Crippen molar-refractivity contribution in [3.63, 3.8) is 0 Å². The molecule has 2 fully saturated rings. The Kier molecular flexibility index (Phi) is 5.28. The van der Waals surface area contributed by atoms with Gasteiger partial charge in [-0.2, -0.15) is 12.6 Å². The lowest BCUT2D eigenvalue weighted by Crippen LogP contribution is -2.34. The third kappa shape index (κ3) is 2.96. The molecule has 1 N–H and O–H groups in total. The summed E-state index contributed by atoms with van der Waals surface area (Å²) in [5, 5.41) is 9.28. The summed E-state index contributed by atoms with van der Waals surface area (Å²) in [5.41, 5.74) is 0. The quantitative estimate of drug-likeness (QED) is 0.673. The first-order valence-electron chi connectivity index (χ1n) is 6.09. The first-order chi connectivity index (χ1) is 9.36. The van der Waals surface area contributed by atoms with Crippen molar-refractivity contribution in [3.05, 3.63) is 9.93 Å². The highest BCUT2D eigenvalue weighted by Crippen LogP contribution is 2.49. The fourth-order valence-corrected chi connectivity index (χ4v) is 6.06. The molecule has 2 heterocycles. The van der Waals surface area contributed by atoms with Crippen LogP contribution in [0.3, 0.4) is 0 Å². The van der Waals surface area contributed by atoms with Crippen LogP contribution < -0.4 is 0 Å². The van der Waals surface area contributed by atoms with Crippen molar-refractivity contribution in [2.75, 3.05) is 13.1 Å². The average molecular weight is 353 g/mol. The molecule has 0 bridgehead atoms. The van der Waals surface area contributed by atoms with Crippen LogP contribution in [0.2, 0.25) is 0 Å². The molecular weight excluding hydrogens is 336 g/mol. The Balaban J connectivity index is 2.36. The minimum absolute atomic E-state index is 0.0247. The van der Waals surface area contributed by atoms with Crippen LogP contribution in [0.15, 0.2) is 9.93 Å². The zero-order chi connectivity index (χ0) is 15.0. The maximum Gasteiger partial charge on any atom is 0.323 e. The highest BCUT2D eigenvalue weighted by molar-refractivity contribution is 8.14. The van der Waals surface area contributed by atoms with E-state index in [1.54, 1.807) is 6.92 Å². The highest BCUT2D eigenvalue weighted by Gasteiger charge is 2.42. The first kappa shape index (κ1) is 16.4. The number of carboxylic acid groups (broad SMARTS) is 1. The molecule has 1 amide bonds. The first-order valence-corrected chi connectivity index (χ1v) is 8.88. The second-order valence-corrected chi connectivity index (χ2v) is 8.18. The van der Waals surface area contributed by atoms with Crippen molar-refractivity contribution in [3.8, 4) is 0 Å². The number of hydrogen-bond donors (Lipinski definition) is 3. The Morgan fingerprint density at radius 1 is 1.40 bits per heavy atom. The van der Waals surface area contributed by atoms with Gasteiger partial charge in [-0.3, -0.25) is 19.4 Å². The van der Waals surface area contributed by atoms with E-state index in [4.69, 9.17) is 5.11 Å². The monoisotopic (exact) mass is 352 g/mol. The lowest BCUT2D eigenvalue weighted by atomic mass is 10.4. The standard InChI is InChI=1S/C11H16N2O3S4/c1-3-12-9(17)7(20-11(12)18)10-13(4-6(14)15)8(16)5(2)19-10/h5,9,11,17-18H,3-4H2,1-2H3,(H,14,15)/b10-7+. The van der Waals surface area contributed by atoms with Gasteiger partial charge in [-0.15, -0.1) is 12.6 Å². The molecule has 0 aromatic carbocycles. The summed E-state index contributed by atoms with van der Waals surface area (Å²) in [6, 6.07) is 0. The second-order valence-electron chi connectivity index (χ2n) is 4.40. The summed E-state index contributed by atoms with van der Waals surface area (Å²) in [6.45, 7) is 4.29. The normalized spacial score (nSPS) is 35.1. The smallest absolute Gasteiger partial charge is 0.323 e.